The van der Waals surface area contributed by atoms with Gasteiger partial charge in [0.2, 0.25) is 5.91 Å². The van der Waals surface area contributed by atoms with Crippen molar-refractivity contribution in [3.05, 3.63) is 70.6 Å². The van der Waals surface area contributed by atoms with E-state index in [9.17, 15) is 14.3 Å². The topological polar surface area (TPSA) is 56.3 Å². The van der Waals surface area contributed by atoms with Crippen LogP contribution in [0.1, 0.15) is 11.1 Å². The van der Waals surface area contributed by atoms with E-state index in [-0.39, 0.29) is 31.3 Å². The molecule has 0 spiro atoms. The van der Waals surface area contributed by atoms with E-state index in [0.29, 0.717) is 17.0 Å². The molecule has 6 heteroatoms. The Morgan fingerprint density at radius 2 is 1.96 bits per heavy atom. The number of benzene rings is 2. The van der Waals surface area contributed by atoms with Crippen LogP contribution in [-0.2, 0) is 17.8 Å². The van der Waals surface area contributed by atoms with Gasteiger partial charge in [-0.05, 0) is 41.5 Å². The second-order valence-electron chi connectivity index (χ2n) is 5.85. The number of aromatic nitrogens is 1. The van der Waals surface area contributed by atoms with Gasteiger partial charge in [0.15, 0.2) is 0 Å². The van der Waals surface area contributed by atoms with Gasteiger partial charge in [-0.3, -0.25) is 4.79 Å². The van der Waals surface area contributed by atoms with E-state index >= 15 is 0 Å². The molecule has 3 rings (SSSR count). The molecule has 0 fully saturated rings. The molecule has 130 valence electrons. The van der Waals surface area contributed by atoms with Crippen LogP contribution in [0.3, 0.4) is 0 Å². The highest BCUT2D eigenvalue weighted by Crippen LogP contribution is 2.21. The van der Waals surface area contributed by atoms with Crippen molar-refractivity contribution in [2.45, 2.75) is 13.0 Å². The Morgan fingerprint density at radius 1 is 1.20 bits per heavy atom. The number of carbonyl (C=O) groups excluding carboxylic acids is 1. The molecule has 0 unspecified atom stereocenters. The minimum Gasteiger partial charge on any atom is -0.395 e. The van der Waals surface area contributed by atoms with E-state index < -0.39 is 0 Å². The number of aliphatic hydroxyl groups excluding tert-OH is 1. The van der Waals surface area contributed by atoms with Crippen LogP contribution in [0, 0.1) is 5.82 Å². The van der Waals surface area contributed by atoms with E-state index in [1.54, 1.807) is 29.3 Å². The van der Waals surface area contributed by atoms with E-state index in [0.717, 1.165) is 16.6 Å². The maximum atomic E-state index is 13.5. The quantitative estimate of drug-likeness (QED) is 0.706. The molecule has 1 heterocycles. The Balaban J connectivity index is 1.77. The van der Waals surface area contributed by atoms with Crippen LogP contribution in [0.2, 0.25) is 5.02 Å². The van der Waals surface area contributed by atoms with E-state index in [4.69, 9.17) is 11.6 Å². The van der Waals surface area contributed by atoms with Gasteiger partial charge in [0, 0.05) is 35.2 Å². The molecule has 4 nitrogen and oxygen atoms in total. The molecule has 25 heavy (non-hydrogen) atoms. The van der Waals surface area contributed by atoms with Crippen LogP contribution >= 0.6 is 11.6 Å². The fraction of sp³-hybridized carbons (Fsp3) is 0.211. The average Bonchev–Trinajstić information content (AvgIpc) is 2.98. The average molecular weight is 361 g/mol. The number of hydrogen-bond donors (Lipinski definition) is 2. The summed E-state index contributed by atoms with van der Waals surface area (Å²) < 4.78 is 13.5. The zero-order valence-corrected chi connectivity index (χ0v) is 14.3. The van der Waals surface area contributed by atoms with Crippen molar-refractivity contribution in [2.24, 2.45) is 0 Å². The molecular formula is C19H18ClFN2O2. The van der Waals surface area contributed by atoms with Crippen molar-refractivity contribution in [1.82, 2.24) is 9.88 Å². The first-order valence-corrected chi connectivity index (χ1v) is 8.33. The summed E-state index contributed by atoms with van der Waals surface area (Å²) in [5, 5.41) is 10.6. The third-order valence-electron chi connectivity index (χ3n) is 4.08. The van der Waals surface area contributed by atoms with Gasteiger partial charge in [-0.2, -0.15) is 0 Å². The number of amides is 1. The summed E-state index contributed by atoms with van der Waals surface area (Å²) in [6, 6.07) is 11.7. The summed E-state index contributed by atoms with van der Waals surface area (Å²) in [5.41, 5.74) is 2.45. The highest BCUT2D eigenvalue weighted by Gasteiger charge is 2.16. The zero-order valence-electron chi connectivity index (χ0n) is 13.5. The van der Waals surface area contributed by atoms with Crippen molar-refractivity contribution in [3.63, 3.8) is 0 Å². The summed E-state index contributed by atoms with van der Waals surface area (Å²) in [4.78, 5) is 17.3. The highest BCUT2D eigenvalue weighted by atomic mass is 35.5. The van der Waals surface area contributed by atoms with Gasteiger partial charge in [0.1, 0.15) is 5.82 Å². The van der Waals surface area contributed by atoms with Crippen molar-refractivity contribution < 1.29 is 14.3 Å². The summed E-state index contributed by atoms with van der Waals surface area (Å²) >= 11 is 5.88. The fourth-order valence-electron chi connectivity index (χ4n) is 2.79. The zero-order chi connectivity index (χ0) is 17.8. The van der Waals surface area contributed by atoms with Crippen molar-refractivity contribution in [1.29, 1.82) is 0 Å². The molecule has 0 aliphatic heterocycles. The first-order chi connectivity index (χ1) is 12.1. The van der Waals surface area contributed by atoms with Crippen molar-refractivity contribution in [3.8, 4) is 0 Å². The van der Waals surface area contributed by atoms with Gasteiger partial charge >= 0.3 is 0 Å². The van der Waals surface area contributed by atoms with Crippen LogP contribution in [0.25, 0.3) is 10.9 Å². The number of aliphatic hydroxyl groups is 1. The second kappa shape index (κ2) is 7.68. The number of H-pyrrole nitrogens is 1. The molecule has 0 aliphatic carbocycles. The van der Waals surface area contributed by atoms with E-state index in [1.165, 1.54) is 12.1 Å². The molecule has 0 saturated carbocycles. The first-order valence-electron chi connectivity index (χ1n) is 7.95. The van der Waals surface area contributed by atoms with Gasteiger partial charge < -0.3 is 15.0 Å². The van der Waals surface area contributed by atoms with E-state index in [1.807, 2.05) is 12.1 Å². The Morgan fingerprint density at radius 3 is 2.68 bits per heavy atom. The number of nitrogens with one attached hydrogen (secondary N) is 1. The molecular weight excluding hydrogens is 343 g/mol. The smallest absolute Gasteiger partial charge is 0.227 e. The maximum absolute atomic E-state index is 13.5. The fourth-order valence-corrected chi connectivity index (χ4v) is 2.92. The Labute approximate surface area is 149 Å². The highest BCUT2D eigenvalue weighted by molar-refractivity contribution is 6.30. The molecule has 1 aromatic heterocycles. The monoisotopic (exact) mass is 360 g/mol. The predicted octanol–water partition coefficient (Wildman–Crippen LogP) is 3.52. The van der Waals surface area contributed by atoms with Gasteiger partial charge in [-0.1, -0.05) is 23.7 Å². The minimum atomic E-state index is -0.339. The number of aromatic amines is 1. The maximum Gasteiger partial charge on any atom is 0.227 e. The van der Waals surface area contributed by atoms with Gasteiger partial charge in [0.25, 0.3) is 0 Å². The van der Waals surface area contributed by atoms with Crippen molar-refractivity contribution in [2.75, 3.05) is 13.2 Å². The molecule has 3 aromatic rings. The van der Waals surface area contributed by atoms with Crippen LogP contribution in [0.5, 0.6) is 0 Å². The summed E-state index contributed by atoms with van der Waals surface area (Å²) in [7, 11) is 0. The summed E-state index contributed by atoms with van der Waals surface area (Å²) in [6.07, 6.45) is 1.86. The standard InChI is InChI=1S/C19H18ClFN2O2/c20-15-3-1-13(2-4-15)12-23(7-8-24)19(25)9-14-11-22-18-6-5-16(21)10-17(14)18/h1-6,10-11,22,24H,7-9,12H2. The van der Waals surface area contributed by atoms with Crippen molar-refractivity contribution >= 4 is 28.4 Å². The lowest BCUT2D eigenvalue weighted by Gasteiger charge is -2.22. The molecule has 2 N–H and O–H groups in total. The lowest BCUT2D eigenvalue weighted by atomic mass is 10.1. The Bertz CT molecular complexity index is 877. The number of nitrogens with zero attached hydrogens (tertiary/aromatic N) is 1. The molecule has 0 atom stereocenters. The number of halogens is 2. The second-order valence-corrected chi connectivity index (χ2v) is 6.28. The minimum absolute atomic E-state index is 0.123. The summed E-state index contributed by atoms with van der Waals surface area (Å²) in [5.74, 6) is -0.469. The molecule has 0 radical (unpaired) electrons. The molecule has 0 bridgehead atoms. The van der Waals surface area contributed by atoms with Gasteiger partial charge in [-0.15, -0.1) is 0 Å². The van der Waals surface area contributed by atoms with Gasteiger partial charge in [0.05, 0.1) is 13.0 Å². The molecule has 0 aliphatic rings. The third kappa shape index (κ3) is 4.18. The predicted molar refractivity (Wildman–Crippen MR) is 95.9 cm³/mol. The number of fused-ring (bicyclic) bond motifs is 1. The Kier molecular flexibility index (Phi) is 5.36. The normalized spacial score (nSPS) is 11.0. The Hall–Kier alpha value is -2.37. The lowest BCUT2D eigenvalue weighted by molar-refractivity contribution is -0.131. The lowest BCUT2D eigenvalue weighted by Crippen LogP contribution is -2.34. The molecule has 2 aromatic carbocycles. The first kappa shape index (κ1) is 17.5. The molecule has 1 amide bonds. The van der Waals surface area contributed by atoms with Crippen LogP contribution in [0.15, 0.2) is 48.7 Å². The number of carbonyl (C=O) groups is 1. The summed E-state index contributed by atoms with van der Waals surface area (Å²) in [6.45, 7) is 0.493. The third-order valence-corrected chi connectivity index (χ3v) is 4.33. The van der Waals surface area contributed by atoms with Crippen LogP contribution in [-0.4, -0.2) is 34.0 Å². The van der Waals surface area contributed by atoms with Crippen LogP contribution in [0.4, 0.5) is 4.39 Å². The molecule has 0 saturated heterocycles. The number of hydrogen-bond acceptors (Lipinski definition) is 2. The van der Waals surface area contributed by atoms with E-state index in [2.05, 4.69) is 4.98 Å². The SMILES string of the molecule is O=C(Cc1c[nH]c2ccc(F)cc12)N(CCO)Cc1ccc(Cl)cc1. The largest absolute Gasteiger partial charge is 0.395 e. The van der Waals surface area contributed by atoms with Crippen LogP contribution < -0.4 is 0 Å². The van der Waals surface area contributed by atoms with Gasteiger partial charge in [-0.25, -0.2) is 4.39 Å². The number of rotatable bonds is 6.